The molecule has 0 atom stereocenters. The maximum atomic E-state index is 6.19. The van der Waals surface area contributed by atoms with E-state index < -0.39 is 0 Å². The van der Waals surface area contributed by atoms with Gasteiger partial charge in [0.05, 0.1) is 18.2 Å². The minimum absolute atomic E-state index is 0.645. The van der Waals surface area contributed by atoms with Crippen molar-refractivity contribution < 1.29 is 9.15 Å². The molecule has 0 N–H and O–H groups in total. The first-order chi connectivity index (χ1) is 12.7. The minimum atomic E-state index is 0.645. The molecule has 0 aliphatic heterocycles. The molecule has 0 spiro atoms. The first-order valence-electron chi connectivity index (χ1n) is 8.20. The van der Waals surface area contributed by atoms with Gasteiger partial charge < -0.3 is 9.15 Å². The summed E-state index contributed by atoms with van der Waals surface area (Å²) < 4.78 is 11.3. The van der Waals surface area contributed by atoms with Crippen molar-refractivity contribution in [2.24, 2.45) is 4.99 Å². The molecule has 0 aliphatic carbocycles. The second kappa shape index (κ2) is 7.06. The highest BCUT2D eigenvalue weighted by Crippen LogP contribution is 2.25. The second-order valence-electron chi connectivity index (χ2n) is 5.81. The molecule has 4 heteroatoms. The van der Waals surface area contributed by atoms with Crippen molar-refractivity contribution >= 4 is 28.3 Å². The largest absolute Gasteiger partial charge is 0.497 e. The first kappa shape index (κ1) is 16.4. The van der Waals surface area contributed by atoms with Crippen molar-refractivity contribution in [1.82, 2.24) is 0 Å². The third-order valence-corrected chi connectivity index (χ3v) is 4.32. The van der Waals surface area contributed by atoms with Crippen LogP contribution >= 0.6 is 11.6 Å². The van der Waals surface area contributed by atoms with Gasteiger partial charge in [-0.15, -0.1) is 0 Å². The van der Waals surface area contributed by atoms with E-state index in [-0.39, 0.29) is 0 Å². The zero-order valence-electron chi connectivity index (χ0n) is 14.1. The Hall–Kier alpha value is -3.04. The Morgan fingerprint density at radius 2 is 1.65 bits per heavy atom. The molecule has 0 amide bonds. The fourth-order valence-electron chi connectivity index (χ4n) is 2.77. The zero-order valence-corrected chi connectivity index (χ0v) is 14.9. The minimum Gasteiger partial charge on any atom is -0.497 e. The fraction of sp³-hybridized carbons (Fsp3) is 0.0455. The molecule has 1 heterocycles. The van der Waals surface area contributed by atoms with Gasteiger partial charge in [0.25, 0.3) is 0 Å². The predicted octanol–water partition coefficient (Wildman–Crippen LogP) is 5.99. The highest BCUT2D eigenvalue weighted by molar-refractivity contribution is 6.31. The standard InChI is InChI=1S/C22H16ClNO2/c1-25-18-10-8-17(9-11-18)24-20-14-22(15-5-3-2-4-6-15)26-21-12-7-16(23)13-19(20)21/h2-14H,1H3. The van der Waals surface area contributed by atoms with Crippen molar-refractivity contribution in [2.75, 3.05) is 7.11 Å². The molecule has 1 aromatic heterocycles. The Kier molecular flexibility index (Phi) is 4.46. The molecule has 4 aromatic rings. The molecule has 0 aliphatic rings. The summed E-state index contributed by atoms with van der Waals surface area (Å²) in [5.41, 5.74) is 2.57. The predicted molar refractivity (Wildman–Crippen MR) is 105 cm³/mol. The fourth-order valence-corrected chi connectivity index (χ4v) is 2.95. The Morgan fingerprint density at radius 3 is 2.38 bits per heavy atom. The van der Waals surface area contributed by atoms with Gasteiger partial charge in [0, 0.05) is 22.0 Å². The van der Waals surface area contributed by atoms with E-state index in [2.05, 4.69) is 0 Å². The third-order valence-electron chi connectivity index (χ3n) is 4.09. The van der Waals surface area contributed by atoms with Crippen LogP contribution in [-0.2, 0) is 0 Å². The van der Waals surface area contributed by atoms with E-state index in [1.54, 1.807) is 7.11 Å². The summed E-state index contributed by atoms with van der Waals surface area (Å²) in [6.45, 7) is 0. The second-order valence-corrected chi connectivity index (χ2v) is 6.25. The number of nitrogens with zero attached hydrogens (tertiary/aromatic N) is 1. The number of hydrogen-bond donors (Lipinski definition) is 0. The highest BCUT2D eigenvalue weighted by atomic mass is 35.5. The molecule has 0 unspecified atom stereocenters. The molecule has 128 valence electrons. The Morgan fingerprint density at radius 1 is 0.885 bits per heavy atom. The smallest absolute Gasteiger partial charge is 0.136 e. The average Bonchev–Trinajstić information content (AvgIpc) is 2.69. The van der Waals surface area contributed by atoms with E-state index >= 15 is 0 Å². The molecular weight excluding hydrogens is 346 g/mol. The van der Waals surface area contributed by atoms with Gasteiger partial charge in [0.1, 0.15) is 17.1 Å². The number of hydrogen-bond acceptors (Lipinski definition) is 3. The van der Waals surface area contributed by atoms with Crippen LogP contribution in [0.25, 0.3) is 22.3 Å². The van der Waals surface area contributed by atoms with Crippen molar-refractivity contribution in [1.29, 1.82) is 0 Å². The van der Waals surface area contributed by atoms with Gasteiger partial charge in [-0.05, 0) is 42.5 Å². The maximum Gasteiger partial charge on any atom is 0.136 e. The van der Waals surface area contributed by atoms with Crippen LogP contribution in [0.15, 0.2) is 88.3 Å². The van der Waals surface area contributed by atoms with E-state index in [9.17, 15) is 0 Å². The number of fused-ring (bicyclic) bond motifs is 1. The highest BCUT2D eigenvalue weighted by Gasteiger charge is 2.07. The Balaban J connectivity index is 1.95. The molecule has 26 heavy (non-hydrogen) atoms. The van der Waals surface area contributed by atoms with Crippen LogP contribution in [0.4, 0.5) is 5.69 Å². The zero-order chi connectivity index (χ0) is 17.9. The van der Waals surface area contributed by atoms with E-state index in [0.29, 0.717) is 5.02 Å². The Labute approximate surface area is 156 Å². The SMILES string of the molecule is COc1ccc(N=c2cc(-c3ccccc3)oc3ccc(Cl)cc23)cc1. The number of methoxy groups -OCH3 is 1. The number of rotatable bonds is 3. The van der Waals surface area contributed by atoms with Crippen LogP contribution in [0.1, 0.15) is 0 Å². The summed E-state index contributed by atoms with van der Waals surface area (Å²) >= 11 is 6.19. The van der Waals surface area contributed by atoms with Gasteiger partial charge in [0.15, 0.2) is 0 Å². The van der Waals surface area contributed by atoms with Crippen LogP contribution in [0.3, 0.4) is 0 Å². The van der Waals surface area contributed by atoms with Crippen LogP contribution in [-0.4, -0.2) is 7.11 Å². The van der Waals surface area contributed by atoms with Gasteiger partial charge in [0.2, 0.25) is 0 Å². The molecule has 0 radical (unpaired) electrons. The topological polar surface area (TPSA) is 34.7 Å². The summed E-state index contributed by atoms with van der Waals surface area (Å²) in [5, 5.41) is 2.32. The molecule has 0 saturated heterocycles. The van der Waals surface area contributed by atoms with E-state index in [4.69, 9.17) is 25.7 Å². The first-order valence-corrected chi connectivity index (χ1v) is 8.58. The number of ether oxygens (including phenoxy) is 1. The van der Waals surface area contributed by atoms with E-state index in [1.165, 1.54) is 0 Å². The molecular formula is C22H16ClNO2. The molecule has 4 rings (SSSR count). The van der Waals surface area contributed by atoms with Gasteiger partial charge in [-0.1, -0.05) is 41.9 Å². The molecule has 0 bridgehead atoms. The van der Waals surface area contributed by atoms with Gasteiger partial charge in [-0.3, -0.25) is 0 Å². The molecule has 3 nitrogen and oxygen atoms in total. The van der Waals surface area contributed by atoms with Crippen molar-refractivity contribution in [3.8, 4) is 17.1 Å². The summed E-state index contributed by atoms with van der Waals surface area (Å²) in [6.07, 6.45) is 0. The van der Waals surface area contributed by atoms with E-state index in [1.807, 2.05) is 78.9 Å². The van der Waals surface area contributed by atoms with Gasteiger partial charge in [-0.2, -0.15) is 0 Å². The molecule has 0 fully saturated rings. The quantitative estimate of drug-likeness (QED) is 0.449. The van der Waals surface area contributed by atoms with Gasteiger partial charge >= 0.3 is 0 Å². The Bertz CT molecular complexity index is 1120. The number of halogens is 1. The maximum absolute atomic E-state index is 6.19. The van der Waals surface area contributed by atoms with Crippen molar-refractivity contribution in [2.45, 2.75) is 0 Å². The van der Waals surface area contributed by atoms with Crippen LogP contribution < -0.4 is 10.1 Å². The van der Waals surface area contributed by atoms with Crippen LogP contribution in [0.2, 0.25) is 5.02 Å². The summed E-state index contributed by atoms with van der Waals surface area (Å²) in [5.74, 6) is 1.55. The number of benzene rings is 3. The summed E-state index contributed by atoms with van der Waals surface area (Å²) in [7, 11) is 1.65. The molecule has 3 aromatic carbocycles. The molecule has 0 saturated carbocycles. The lowest BCUT2D eigenvalue weighted by Gasteiger charge is -2.06. The average molecular weight is 362 g/mol. The normalized spacial score (nSPS) is 11.7. The lowest BCUT2D eigenvalue weighted by atomic mass is 10.1. The van der Waals surface area contributed by atoms with Crippen molar-refractivity contribution in [3.05, 3.63) is 89.2 Å². The van der Waals surface area contributed by atoms with Crippen LogP contribution in [0, 0.1) is 0 Å². The van der Waals surface area contributed by atoms with E-state index in [0.717, 1.165) is 39.1 Å². The lowest BCUT2D eigenvalue weighted by molar-refractivity contribution is 0.415. The monoisotopic (exact) mass is 361 g/mol. The lowest BCUT2D eigenvalue weighted by Crippen LogP contribution is -2.03. The van der Waals surface area contributed by atoms with Gasteiger partial charge in [-0.25, -0.2) is 4.99 Å². The summed E-state index contributed by atoms with van der Waals surface area (Å²) in [6, 6.07) is 25.1. The van der Waals surface area contributed by atoms with Crippen LogP contribution in [0.5, 0.6) is 5.75 Å². The van der Waals surface area contributed by atoms with Crippen molar-refractivity contribution in [3.63, 3.8) is 0 Å². The third kappa shape index (κ3) is 3.35. The summed E-state index contributed by atoms with van der Waals surface area (Å²) in [4.78, 5) is 4.80.